The second kappa shape index (κ2) is 39.4. The zero-order chi connectivity index (χ0) is 103. The van der Waals surface area contributed by atoms with E-state index >= 15 is 8.78 Å². The minimum Gasteiger partial charge on any atom is -0.330 e. The molecule has 0 heterocycles. The Hall–Kier alpha value is -17.5. The fourth-order valence-electron chi connectivity index (χ4n) is 22.7. The standard InChI is InChI=1S/C70H52F6N2.C68H52F2N2/c1-43-11-19-47(20-12-43)53-31-37-65(61(39-53)49-23-15-45(3)16-24-49)77(57-9-5-7-55(41-57)69(71,72)73)63-35-29-51-28-34-60-64(36-30-52-27-33-59(63)67(51)68(52)60)78(58-10-6-8-56(42-58)70(74,75)76)66-38-32-54(48-21-13-44(2)14-22-48)40-62(66)50-25-17-46(4)18-26-50;1-43-15-5-9-23-55(43)49-31-37-65(61(39-49)57-25-11-7-17-45(57)3)71(53-21-13-19-51(69)41-53)63-35-29-47-28-34-60-64(36-30-48-27-33-59(63)67(47)68(48)60)72(54-22-14-20-52(70)42-54)66-38-32-50(56-24-10-6-16-44(56)2)40-62(66)58-26-12-8-18-46(58)4/h5-42,63,68H,1-4H3;5-42,63,68H,1-4H3. The summed E-state index contributed by atoms with van der Waals surface area (Å²) in [4.78, 5) is 8.55. The smallest absolute Gasteiger partial charge is 0.330 e. The molecule has 150 heavy (non-hydrogen) atoms. The molecule has 0 fully saturated rings. The maximum absolute atomic E-state index is 15.7. The molecule has 12 heteroatoms. The van der Waals surface area contributed by atoms with E-state index in [0.717, 1.165) is 196 Å². The molecule has 0 radical (unpaired) electrons. The Morgan fingerprint density at radius 3 is 0.967 bits per heavy atom. The molecule has 4 nitrogen and oxygen atoms in total. The first-order chi connectivity index (χ1) is 72.7. The summed E-state index contributed by atoms with van der Waals surface area (Å²) in [5, 5.41) is 0. The van der Waals surface area contributed by atoms with Crippen molar-refractivity contribution in [3.05, 3.63) is 596 Å². The first-order valence-electron chi connectivity index (χ1n) is 50.8. The van der Waals surface area contributed by atoms with E-state index in [1.807, 2.05) is 122 Å². The van der Waals surface area contributed by atoms with Crippen molar-refractivity contribution >= 4 is 45.5 Å². The summed E-state index contributed by atoms with van der Waals surface area (Å²) in [6, 6.07) is 117. The van der Waals surface area contributed by atoms with E-state index < -0.39 is 29.5 Å². The van der Waals surface area contributed by atoms with E-state index in [2.05, 4.69) is 329 Å². The fourth-order valence-corrected chi connectivity index (χ4v) is 22.7. The molecule has 732 valence electrons. The maximum Gasteiger partial charge on any atom is 0.416 e. The number of benzene rings is 16. The molecule has 0 saturated heterocycles. The third kappa shape index (κ3) is 18.2. The molecule has 8 aliphatic rings. The van der Waals surface area contributed by atoms with Gasteiger partial charge in [-0.2, -0.15) is 26.3 Å². The summed E-state index contributed by atoms with van der Waals surface area (Å²) < 4.78 is 120. The number of anilines is 8. The van der Waals surface area contributed by atoms with Crippen LogP contribution in [0.2, 0.25) is 0 Å². The second-order valence-electron chi connectivity index (χ2n) is 39.9. The minimum absolute atomic E-state index is 0.129. The normalized spacial score (nSPS) is 16.4. The molecule has 0 aliphatic heterocycles. The Balaban J connectivity index is 0.000000165. The number of nitrogens with zero attached hydrogens (tertiary/aromatic N) is 4. The van der Waals surface area contributed by atoms with Crippen LogP contribution in [0, 0.1) is 78.9 Å². The van der Waals surface area contributed by atoms with Gasteiger partial charge < -0.3 is 19.6 Å². The van der Waals surface area contributed by atoms with Crippen LogP contribution in [0.25, 0.3) is 89.0 Å². The Kier molecular flexibility index (Phi) is 25.2. The summed E-state index contributed by atoms with van der Waals surface area (Å²) in [5.41, 5.74) is 41.4. The predicted octanol–water partition coefficient (Wildman–Crippen LogP) is 37.7. The van der Waals surface area contributed by atoms with Crippen LogP contribution < -0.4 is 19.6 Å². The molecule has 16 aromatic rings. The van der Waals surface area contributed by atoms with Gasteiger partial charge in [-0.25, -0.2) is 8.78 Å². The molecule has 8 aliphatic carbocycles. The Morgan fingerprint density at radius 2 is 0.553 bits per heavy atom. The van der Waals surface area contributed by atoms with Gasteiger partial charge in [0.25, 0.3) is 0 Å². The number of hydrogen-bond acceptors (Lipinski definition) is 4. The third-order valence-corrected chi connectivity index (χ3v) is 30.3. The van der Waals surface area contributed by atoms with Crippen LogP contribution in [0.3, 0.4) is 0 Å². The summed E-state index contributed by atoms with van der Waals surface area (Å²) in [6.07, 6.45) is 25.2. The molecule has 24 rings (SSSR count). The van der Waals surface area contributed by atoms with Crippen LogP contribution in [0.4, 0.5) is 80.6 Å². The lowest BCUT2D eigenvalue weighted by Crippen LogP contribution is -2.37. The third-order valence-electron chi connectivity index (χ3n) is 30.3. The van der Waals surface area contributed by atoms with E-state index in [0.29, 0.717) is 28.4 Å². The second-order valence-corrected chi connectivity index (χ2v) is 39.9. The molecule has 0 N–H and O–H groups in total. The number of alkyl halides is 6. The van der Waals surface area contributed by atoms with Gasteiger partial charge in [-0.05, 0) is 334 Å². The van der Waals surface area contributed by atoms with E-state index in [4.69, 9.17) is 0 Å². The Labute approximate surface area is 870 Å². The van der Waals surface area contributed by atoms with Crippen molar-refractivity contribution in [2.75, 3.05) is 19.6 Å². The average Bonchev–Trinajstić information content (AvgIpc) is 0.716. The molecular formula is C138H104F8N4. The van der Waals surface area contributed by atoms with Crippen molar-refractivity contribution in [3.8, 4) is 89.0 Å². The predicted molar refractivity (Wildman–Crippen MR) is 601 cm³/mol. The lowest BCUT2D eigenvalue weighted by Gasteiger charge is -2.44. The Bertz CT molecular complexity index is 8650. The Morgan fingerprint density at radius 1 is 0.233 bits per heavy atom. The van der Waals surface area contributed by atoms with Gasteiger partial charge in [-0.1, -0.05) is 350 Å². The number of halogens is 8. The van der Waals surface area contributed by atoms with E-state index in [1.165, 1.54) is 69.8 Å². The highest BCUT2D eigenvalue weighted by Crippen LogP contribution is 2.58. The van der Waals surface area contributed by atoms with Crippen molar-refractivity contribution in [2.45, 2.75) is 79.8 Å². The molecule has 4 unspecified atom stereocenters. The van der Waals surface area contributed by atoms with Crippen LogP contribution >= 0.6 is 0 Å². The zero-order valence-corrected chi connectivity index (χ0v) is 84.0. The number of aryl methyl sites for hydroxylation is 8. The topological polar surface area (TPSA) is 13.0 Å². The summed E-state index contributed by atoms with van der Waals surface area (Å²) >= 11 is 0. The monoisotopic (exact) mass is 1970 g/mol. The highest BCUT2D eigenvalue weighted by atomic mass is 19.4. The van der Waals surface area contributed by atoms with Gasteiger partial charge in [0.15, 0.2) is 0 Å². The van der Waals surface area contributed by atoms with Crippen molar-refractivity contribution in [1.29, 1.82) is 0 Å². The van der Waals surface area contributed by atoms with Gasteiger partial charge >= 0.3 is 12.4 Å². The molecular weight excluding hydrogens is 1870 g/mol. The maximum atomic E-state index is 15.7. The van der Waals surface area contributed by atoms with Crippen LogP contribution in [-0.2, 0) is 12.4 Å². The molecule has 0 bridgehead atoms. The summed E-state index contributed by atoms with van der Waals surface area (Å²) in [5.74, 6) is -1.12. The van der Waals surface area contributed by atoms with E-state index in [1.54, 1.807) is 36.4 Å². The lowest BCUT2D eigenvalue weighted by atomic mass is 9.67. The number of rotatable bonds is 20. The number of allylic oxidation sites excluding steroid dienone is 20. The summed E-state index contributed by atoms with van der Waals surface area (Å²) in [6.45, 7) is 16.7. The molecule has 0 spiro atoms. The van der Waals surface area contributed by atoms with Crippen molar-refractivity contribution < 1.29 is 35.1 Å². The van der Waals surface area contributed by atoms with Gasteiger partial charge in [0.05, 0.1) is 46.0 Å². The largest absolute Gasteiger partial charge is 0.416 e. The average molecular weight is 1970 g/mol. The summed E-state index contributed by atoms with van der Waals surface area (Å²) in [7, 11) is 0. The molecule has 0 amide bonds. The van der Waals surface area contributed by atoms with Gasteiger partial charge in [0.1, 0.15) is 11.6 Å². The van der Waals surface area contributed by atoms with Gasteiger partial charge in [0, 0.05) is 68.2 Å². The number of hydrogen-bond donors (Lipinski definition) is 0. The van der Waals surface area contributed by atoms with Crippen LogP contribution in [-0.4, -0.2) is 12.1 Å². The highest BCUT2D eigenvalue weighted by Gasteiger charge is 2.45. The van der Waals surface area contributed by atoms with Crippen LogP contribution in [0.1, 0.15) is 55.6 Å². The van der Waals surface area contributed by atoms with Crippen molar-refractivity contribution in [1.82, 2.24) is 0 Å². The SMILES string of the molecule is Cc1ccc(-c2ccc(N(C3=C4C=CC5=C6C(=CC=C(C=C3)C46)C(N(c3cccc(C(F)(F)F)c3)c3ccc(-c4ccc(C)cc4)cc3-c3ccc(C)cc3)C=C5)c3cccc(C(F)(F)F)c3)c(-c3ccc(C)cc3)c2)cc1.Cc1ccccc1-c1ccc(N(C2=C3C=CC4=C5C(=CC=C(C=C2)C35)C(N(c2cccc(F)c2)c2ccc(-c3ccccc3C)cc2-c2ccccc2C)C=C4)c2cccc(F)c2)c(-c2ccccc2C)c1. The first-order valence-corrected chi connectivity index (χ1v) is 50.8. The zero-order valence-electron chi connectivity index (χ0n) is 84.0. The lowest BCUT2D eigenvalue weighted by molar-refractivity contribution is -0.138. The molecule has 16 aromatic carbocycles. The van der Waals surface area contributed by atoms with Gasteiger partial charge in [-0.15, -0.1) is 0 Å². The fraction of sp³-hybridized carbons (Fsp3) is 0.101. The first kappa shape index (κ1) is 96.0. The van der Waals surface area contributed by atoms with Crippen molar-refractivity contribution in [3.63, 3.8) is 0 Å². The highest BCUT2D eigenvalue weighted by molar-refractivity contribution is 5.96. The van der Waals surface area contributed by atoms with Gasteiger partial charge in [-0.3, -0.25) is 0 Å². The van der Waals surface area contributed by atoms with Crippen LogP contribution in [0.15, 0.2) is 528 Å². The molecule has 0 aromatic heterocycles. The van der Waals surface area contributed by atoms with E-state index in [9.17, 15) is 26.3 Å². The van der Waals surface area contributed by atoms with Crippen molar-refractivity contribution in [2.24, 2.45) is 11.8 Å². The van der Waals surface area contributed by atoms with E-state index in [-0.39, 0.29) is 29.5 Å². The van der Waals surface area contributed by atoms with Gasteiger partial charge in [0.2, 0.25) is 0 Å². The molecule has 4 atom stereocenters. The quantitative estimate of drug-likeness (QED) is 0.0705. The van der Waals surface area contributed by atoms with Crippen LogP contribution in [0.5, 0.6) is 0 Å². The molecule has 0 saturated carbocycles. The minimum atomic E-state index is -4.62.